The van der Waals surface area contributed by atoms with Crippen molar-refractivity contribution in [1.82, 2.24) is 9.55 Å². The summed E-state index contributed by atoms with van der Waals surface area (Å²) in [5.41, 5.74) is 15.3. The highest BCUT2D eigenvalue weighted by molar-refractivity contribution is 6.21. The lowest BCUT2D eigenvalue weighted by molar-refractivity contribution is 0.640. The number of rotatable bonds is 3. The maximum Gasteiger partial charge on any atom is 0.145 e. The molecule has 0 fully saturated rings. The molecule has 0 bridgehead atoms. The van der Waals surface area contributed by atoms with E-state index in [1.807, 2.05) is 0 Å². The van der Waals surface area contributed by atoms with Crippen LogP contribution in [0.5, 0.6) is 0 Å². The second-order valence-electron chi connectivity index (χ2n) is 14.4. The molecular weight excluding hydrogens is 569 g/mol. The molecule has 47 heavy (non-hydrogen) atoms. The molecule has 7 aromatic carbocycles. The highest BCUT2D eigenvalue weighted by Crippen LogP contribution is 2.62. The first-order chi connectivity index (χ1) is 22.8. The number of fused-ring (bicyclic) bond motifs is 4. The van der Waals surface area contributed by atoms with Gasteiger partial charge in [0.25, 0.3) is 0 Å². The first kappa shape index (κ1) is 26.7. The van der Waals surface area contributed by atoms with Crippen molar-refractivity contribution in [2.45, 2.75) is 38.5 Å². The van der Waals surface area contributed by atoms with Crippen LogP contribution >= 0.6 is 0 Å². The van der Waals surface area contributed by atoms with Crippen LogP contribution in [0.3, 0.4) is 0 Å². The first-order valence-electron chi connectivity index (χ1n) is 16.7. The molecule has 2 aliphatic carbocycles. The number of hydrogen-bond acceptors (Lipinski definition) is 1. The van der Waals surface area contributed by atoms with Gasteiger partial charge in [-0.1, -0.05) is 125 Å². The summed E-state index contributed by atoms with van der Waals surface area (Å²) in [7, 11) is 0. The summed E-state index contributed by atoms with van der Waals surface area (Å²) in [5, 5.41) is 5.57. The van der Waals surface area contributed by atoms with Crippen molar-refractivity contribution < 1.29 is 0 Å². The van der Waals surface area contributed by atoms with Gasteiger partial charge in [-0.2, -0.15) is 0 Å². The lowest BCUT2D eigenvalue weighted by atomic mass is 9.67. The van der Waals surface area contributed by atoms with Crippen molar-refractivity contribution >= 4 is 32.6 Å². The van der Waals surface area contributed by atoms with Gasteiger partial charge in [-0.3, -0.25) is 4.57 Å². The summed E-state index contributed by atoms with van der Waals surface area (Å²) in [4.78, 5) is 5.11. The third-order valence-corrected chi connectivity index (χ3v) is 11.1. The fourth-order valence-corrected chi connectivity index (χ4v) is 8.88. The van der Waals surface area contributed by atoms with Gasteiger partial charge in [0.1, 0.15) is 5.82 Å². The van der Waals surface area contributed by atoms with Crippen LogP contribution in [0, 0.1) is 0 Å². The number of aromatic nitrogens is 2. The van der Waals surface area contributed by atoms with E-state index in [0.29, 0.717) is 0 Å². The highest BCUT2D eigenvalue weighted by atomic mass is 15.1. The van der Waals surface area contributed by atoms with E-state index in [9.17, 15) is 0 Å². The van der Waals surface area contributed by atoms with E-state index in [-0.39, 0.29) is 10.8 Å². The van der Waals surface area contributed by atoms with E-state index in [1.54, 1.807) is 0 Å². The molecule has 224 valence electrons. The molecule has 2 nitrogen and oxygen atoms in total. The highest BCUT2D eigenvalue weighted by Gasteiger charge is 2.46. The Kier molecular flexibility index (Phi) is 5.16. The van der Waals surface area contributed by atoms with Crippen LogP contribution in [0.15, 0.2) is 133 Å². The Labute approximate surface area is 275 Å². The topological polar surface area (TPSA) is 17.8 Å². The summed E-state index contributed by atoms with van der Waals surface area (Å²) < 4.78 is 2.27. The largest absolute Gasteiger partial charge is 0.292 e. The van der Waals surface area contributed by atoms with Gasteiger partial charge in [0, 0.05) is 22.1 Å². The average Bonchev–Trinajstić information content (AvgIpc) is 3.61. The number of para-hydroxylation sites is 3. The molecule has 8 aromatic rings. The monoisotopic (exact) mass is 602 g/mol. The second kappa shape index (κ2) is 9.08. The molecule has 1 heterocycles. The maximum absolute atomic E-state index is 5.11. The summed E-state index contributed by atoms with van der Waals surface area (Å²) in [6, 6.07) is 48.9. The fraction of sp³-hybridized carbons (Fsp3) is 0.133. The molecule has 0 radical (unpaired) electrons. The Morgan fingerprint density at radius 3 is 1.91 bits per heavy atom. The van der Waals surface area contributed by atoms with Gasteiger partial charge in [0.15, 0.2) is 0 Å². The minimum Gasteiger partial charge on any atom is -0.292 e. The van der Waals surface area contributed by atoms with Crippen LogP contribution in [0.4, 0.5) is 0 Å². The molecule has 0 spiro atoms. The van der Waals surface area contributed by atoms with E-state index in [2.05, 4.69) is 166 Å². The summed E-state index contributed by atoms with van der Waals surface area (Å²) in [5.74, 6) is 0.957. The zero-order valence-corrected chi connectivity index (χ0v) is 27.1. The van der Waals surface area contributed by atoms with E-state index in [1.165, 1.54) is 66.1 Å². The van der Waals surface area contributed by atoms with Crippen LogP contribution in [0.25, 0.3) is 71.9 Å². The number of benzene rings is 7. The zero-order chi connectivity index (χ0) is 31.7. The van der Waals surface area contributed by atoms with Crippen molar-refractivity contribution in [3.63, 3.8) is 0 Å². The molecule has 10 rings (SSSR count). The minimum atomic E-state index is -0.132. The lowest BCUT2D eigenvalue weighted by Gasteiger charge is -2.35. The van der Waals surface area contributed by atoms with E-state index >= 15 is 0 Å². The van der Waals surface area contributed by atoms with Gasteiger partial charge in [0.2, 0.25) is 0 Å². The molecule has 0 aliphatic heterocycles. The normalized spacial score (nSPS) is 15.1. The van der Waals surface area contributed by atoms with Crippen LogP contribution in [0.2, 0.25) is 0 Å². The predicted molar refractivity (Wildman–Crippen MR) is 197 cm³/mol. The SMILES string of the molecule is CC1(C)c2cc(-c3ccc(-c4nc5ccccc5n4-c4ccccc4)cc3)cc3c2-c2c1c1ccccc1c1cccc(c21)C3(C)C. The third-order valence-electron chi connectivity index (χ3n) is 11.1. The summed E-state index contributed by atoms with van der Waals surface area (Å²) in [6.45, 7) is 9.70. The van der Waals surface area contributed by atoms with Crippen LogP contribution < -0.4 is 0 Å². The quantitative estimate of drug-likeness (QED) is 0.184. The number of hydrogen-bond donors (Lipinski definition) is 0. The van der Waals surface area contributed by atoms with E-state index in [0.717, 1.165) is 28.1 Å². The van der Waals surface area contributed by atoms with Crippen LogP contribution in [-0.4, -0.2) is 9.55 Å². The molecule has 1 aromatic heterocycles. The molecule has 0 atom stereocenters. The van der Waals surface area contributed by atoms with E-state index in [4.69, 9.17) is 4.98 Å². The Morgan fingerprint density at radius 2 is 1.13 bits per heavy atom. The molecule has 2 aliphatic rings. The lowest BCUT2D eigenvalue weighted by Crippen LogP contribution is -2.24. The van der Waals surface area contributed by atoms with Gasteiger partial charge >= 0.3 is 0 Å². The molecule has 0 unspecified atom stereocenters. The first-order valence-corrected chi connectivity index (χ1v) is 16.7. The van der Waals surface area contributed by atoms with Crippen LogP contribution in [0.1, 0.15) is 49.9 Å². The molecule has 0 saturated carbocycles. The Balaban J connectivity index is 1.18. The van der Waals surface area contributed by atoms with Gasteiger partial charge < -0.3 is 0 Å². The average molecular weight is 603 g/mol. The molecule has 0 saturated heterocycles. The molecular formula is C45H34N2. The van der Waals surface area contributed by atoms with Crippen LogP contribution in [-0.2, 0) is 10.8 Å². The van der Waals surface area contributed by atoms with E-state index < -0.39 is 0 Å². The molecule has 2 heteroatoms. The Morgan fingerprint density at radius 1 is 0.489 bits per heavy atom. The number of imidazole rings is 1. The smallest absolute Gasteiger partial charge is 0.145 e. The Hall–Kier alpha value is -5.47. The number of nitrogens with zero attached hydrogens (tertiary/aromatic N) is 2. The standard InChI is InChI=1S/C45H34N2/c1-44(2)34-18-12-17-32-31-15-8-9-16-33(31)42-41(39(32)34)40-35(44)25-29(26-36(40)45(42,3)4)27-21-23-28(24-22-27)43-46-37-19-10-11-20-38(37)47(43)30-13-6-5-7-14-30/h5-26H,1-4H3. The van der Waals surface area contributed by atoms with Crippen molar-refractivity contribution in [3.05, 3.63) is 156 Å². The van der Waals surface area contributed by atoms with Gasteiger partial charge in [0.05, 0.1) is 11.0 Å². The van der Waals surface area contributed by atoms with Gasteiger partial charge in [-0.15, -0.1) is 0 Å². The predicted octanol–water partition coefficient (Wildman–Crippen LogP) is 11.6. The maximum atomic E-state index is 5.11. The fourth-order valence-electron chi connectivity index (χ4n) is 8.88. The summed E-state index contributed by atoms with van der Waals surface area (Å²) >= 11 is 0. The van der Waals surface area contributed by atoms with Gasteiger partial charge in [-0.25, -0.2) is 4.98 Å². The van der Waals surface area contributed by atoms with Crippen molar-refractivity contribution in [3.8, 4) is 39.3 Å². The van der Waals surface area contributed by atoms with Gasteiger partial charge in [-0.05, 0) is 102 Å². The van der Waals surface area contributed by atoms with Crippen molar-refractivity contribution in [2.24, 2.45) is 0 Å². The molecule has 0 amide bonds. The zero-order valence-electron chi connectivity index (χ0n) is 27.1. The second-order valence-corrected chi connectivity index (χ2v) is 14.4. The third kappa shape index (κ3) is 3.43. The van der Waals surface area contributed by atoms with Crippen molar-refractivity contribution in [1.29, 1.82) is 0 Å². The summed E-state index contributed by atoms with van der Waals surface area (Å²) in [6.07, 6.45) is 0. The van der Waals surface area contributed by atoms with Crippen molar-refractivity contribution in [2.75, 3.05) is 0 Å². The Bertz CT molecular complexity index is 2600. The molecule has 0 N–H and O–H groups in total. The minimum absolute atomic E-state index is 0.128.